The Kier molecular flexibility index (Phi) is 4.03. The zero-order valence-corrected chi connectivity index (χ0v) is 9.01. The van der Waals surface area contributed by atoms with Crippen LogP contribution in [0.1, 0.15) is 19.4 Å². The summed E-state index contributed by atoms with van der Waals surface area (Å²) < 4.78 is 0. The minimum Gasteiger partial charge on any atom is -0.329 e. The second kappa shape index (κ2) is 5.29. The predicted molar refractivity (Wildman–Crippen MR) is 58.2 cm³/mol. The number of carbonyl (C=O) groups excluding carboxylic acids is 2. The molecule has 0 aliphatic carbocycles. The maximum atomic E-state index is 11.3. The van der Waals surface area contributed by atoms with E-state index < -0.39 is 0 Å². The fraction of sp³-hybridized carbons (Fsp3) is 0.333. The fourth-order valence-electron chi connectivity index (χ4n) is 1.40. The van der Waals surface area contributed by atoms with E-state index in [1.165, 1.54) is 6.92 Å². The molecule has 0 bridgehead atoms. The third-order valence-electron chi connectivity index (χ3n) is 2.29. The van der Waals surface area contributed by atoms with E-state index in [2.05, 4.69) is 0 Å². The van der Waals surface area contributed by atoms with Gasteiger partial charge in [0.2, 0.25) is 5.91 Å². The number of amides is 1. The van der Waals surface area contributed by atoms with Crippen LogP contribution in [0.4, 0.5) is 0 Å². The third-order valence-corrected chi connectivity index (χ3v) is 2.29. The zero-order valence-electron chi connectivity index (χ0n) is 9.01. The Bertz CT molecular complexity index is 335. The minimum absolute atomic E-state index is 0.0848. The molecule has 1 amide bonds. The van der Waals surface area contributed by atoms with Crippen LogP contribution in [0.5, 0.6) is 0 Å². The number of nitrogens with zero attached hydrogens (tertiary/aromatic N) is 1. The summed E-state index contributed by atoms with van der Waals surface area (Å²) in [5, 5.41) is 0. The van der Waals surface area contributed by atoms with Gasteiger partial charge >= 0.3 is 0 Å². The summed E-state index contributed by atoms with van der Waals surface area (Å²) in [6, 6.07) is 9.26. The van der Waals surface area contributed by atoms with Crippen LogP contribution in [0.2, 0.25) is 0 Å². The van der Waals surface area contributed by atoms with Gasteiger partial charge in [-0.1, -0.05) is 30.3 Å². The molecule has 0 N–H and O–H groups in total. The highest BCUT2D eigenvalue weighted by molar-refractivity contribution is 5.77. The standard InChI is InChI=1S/C12H15NO2/c1-10(9-14)13(11(2)15)8-12-6-4-3-5-7-12/h3-7,9-10H,8H2,1-2H3. The molecule has 3 nitrogen and oxygen atoms in total. The van der Waals surface area contributed by atoms with Crippen molar-refractivity contribution in [1.29, 1.82) is 0 Å². The van der Waals surface area contributed by atoms with Gasteiger partial charge in [-0.15, -0.1) is 0 Å². The molecular weight excluding hydrogens is 190 g/mol. The molecule has 0 saturated heterocycles. The largest absolute Gasteiger partial charge is 0.329 e. The molecule has 3 heteroatoms. The van der Waals surface area contributed by atoms with Crippen molar-refractivity contribution in [2.45, 2.75) is 26.4 Å². The molecule has 1 rings (SSSR count). The Morgan fingerprint density at radius 2 is 2.00 bits per heavy atom. The van der Waals surface area contributed by atoms with Crippen LogP contribution in [0.15, 0.2) is 30.3 Å². The number of hydrogen-bond acceptors (Lipinski definition) is 2. The molecule has 0 aliphatic rings. The van der Waals surface area contributed by atoms with Crippen molar-refractivity contribution in [3.05, 3.63) is 35.9 Å². The van der Waals surface area contributed by atoms with Gasteiger partial charge < -0.3 is 9.69 Å². The minimum atomic E-state index is -0.372. The Balaban J connectivity index is 2.76. The van der Waals surface area contributed by atoms with E-state index >= 15 is 0 Å². The van der Waals surface area contributed by atoms with Crippen molar-refractivity contribution < 1.29 is 9.59 Å². The Morgan fingerprint density at radius 3 is 2.47 bits per heavy atom. The quantitative estimate of drug-likeness (QED) is 0.700. The van der Waals surface area contributed by atoms with E-state index in [4.69, 9.17) is 0 Å². The summed E-state index contributed by atoms with van der Waals surface area (Å²) in [6.07, 6.45) is 0.782. The van der Waals surface area contributed by atoms with Gasteiger partial charge in [-0.2, -0.15) is 0 Å². The van der Waals surface area contributed by atoms with E-state index in [1.54, 1.807) is 11.8 Å². The molecule has 1 aromatic rings. The molecule has 0 heterocycles. The van der Waals surface area contributed by atoms with Crippen LogP contribution in [-0.4, -0.2) is 23.1 Å². The van der Waals surface area contributed by atoms with Gasteiger partial charge in [0, 0.05) is 13.5 Å². The number of hydrogen-bond donors (Lipinski definition) is 0. The van der Waals surface area contributed by atoms with E-state index in [0.29, 0.717) is 6.54 Å². The van der Waals surface area contributed by atoms with Crippen LogP contribution in [0.3, 0.4) is 0 Å². The van der Waals surface area contributed by atoms with Crippen LogP contribution < -0.4 is 0 Å². The average Bonchev–Trinajstić information content (AvgIpc) is 2.26. The van der Waals surface area contributed by atoms with Gasteiger partial charge in [-0.3, -0.25) is 4.79 Å². The highest BCUT2D eigenvalue weighted by Gasteiger charge is 2.15. The first-order valence-corrected chi connectivity index (χ1v) is 4.91. The molecule has 15 heavy (non-hydrogen) atoms. The van der Waals surface area contributed by atoms with E-state index in [1.807, 2.05) is 30.3 Å². The first-order chi connectivity index (χ1) is 7.15. The summed E-state index contributed by atoms with van der Waals surface area (Å²) in [5.41, 5.74) is 1.03. The van der Waals surface area contributed by atoms with Crippen molar-refractivity contribution in [2.75, 3.05) is 0 Å². The second-order valence-corrected chi connectivity index (χ2v) is 3.51. The summed E-state index contributed by atoms with van der Waals surface area (Å²) in [4.78, 5) is 23.5. The van der Waals surface area contributed by atoms with Gasteiger partial charge in [-0.05, 0) is 12.5 Å². The summed E-state index contributed by atoms with van der Waals surface area (Å²) in [5.74, 6) is -0.0848. The SMILES string of the molecule is CC(=O)N(Cc1ccccc1)C(C)C=O. The molecule has 0 spiro atoms. The van der Waals surface area contributed by atoms with E-state index in [0.717, 1.165) is 11.8 Å². The Labute approximate surface area is 89.7 Å². The smallest absolute Gasteiger partial charge is 0.220 e. The maximum absolute atomic E-state index is 11.3. The summed E-state index contributed by atoms with van der Waals surface area (Å²) >= 11 is 0. The average molecular weight is 205 g/mol. The molecule has 1 atom stereocenters. The molecule has 0 radical (unpaired) electrons. The van der Waals surface area contributed by atoms with E-state index in [-0.39, 0.29) is 11.9 Å². The lowest BCUT2D eigenvalue weighted by Crippen LogP contribution is -2.37. The van der Waals surface area contributed by atoms with Crippen molar-refractivity contribution in [1.82, 2.24) is 4.90 Å². The molecule has 1 aromatic carbocycles. The lowest BCUT2D eigenvalue weighted by molar-refractivity contribution is -0.134. The number of carbonyl (C=O) groups is 2. The van der Waals surface area contributed by atoms with Crippen LogP contribution in [0.25, 0.3) is 0 Å². The Hall–Kier alpha value is -1.64. The fourth-order valence-corrected chi connectivity index (χ4v) is 1.40. The van der Waals surface area contributed by atoms with Crippen molar-refractivity contribution >= 4 is 12.2 Å². The highest BCUT2D eigenvalue weighted by atomic mass is 16.2. The zero-order chi connectivity index (χ0) is 11.3. The molecule has 80 valence electrons. The first-order valence-electron chi connectivity index (χ1n) is 4.91. The van der Waals surface area contributed by atoms with E-state index in [9.17, 15) is 9.59 Å². The van der Waals surface area contributed by atoms with Crippen molar-refractivity contribution in [3.8, 4) is 0 Å². The number of benzene rings is 1. The lowest BCUT2D eigenvalue weighted by atomic mass is 10.2. The number of rotatable bonds is 4. The van der Waals surface area contributed by atoms with Crippen LogP contribution in [-0.2, 0) is 16.1 Å². The third kappa shape index (κ3) is 3.20. The van der Waals surface area contributed by atoms with Crippen molar-refractivity contribution in [2.24, 2.45) is 0 Å². The molecule has 0 saturated carbocycles. The van der Waals surface area contributed by atoms with Crippen LogP contribution >= 0.6 is 0 Å². The summed E-state index contributed by atoms with van der Waals surface area (Å²) in [6.45, 7) is 3.68. The Morgan fingerprint density at radius 1 is 1.40 bits per heavy atom. The summed E-state index contributed by atoms with van der Waals surface area (Å²) in [7, 11) is 0. The normalized spacial score (nSPS) is 11.9. The maximum Gasteiger partial charge on any atom is 0.220 e. The topological polar surface area (TPSA) is 37.4 Å². The van der Waals surface area contributed by atoms with Gasteiger partial charge in [0.15, 0.2) is 0 Å². The van der Waals surface area contributed by atoms with Crippen LogP contribution in [0, 0.1) is 0 Å². The molecule has 0 aromatic heterocycles. The van der Waals surface area contributed by atoms with Gasteiger partial charge in [0.05, 0.1) is 6.04 Å². The van der Waals surface area contributed by atoms with Gasteiger partial charge in [-0.25, -0.2) is 0 Å². The number of aldehydes is 1. The lowest BCUT2D eigenvalue weighted by Gasteiger charge is -2.24. The molecule has 0 fully saturated rings. The molecular formula is C12H15NO2. The van der Waals surface area contributed by atoms with Crippen molar-refractivity contribution in [3.63, 3.8) is 0 Å². The van der Waals surface area contributed by atoms with Gasteiger partial charge in [0.1, 0.15) is 6.29 Å². The highest BCUT2D eigenvalue weighted by Crippen LogP contribution is 2.07. The molecule has 0 aliphatic heterocycles. The van der Waals surface area contributed by atoms with Gasteiger partial charge in [0.25, 0.3) is 0 Å². The predicted octanol–water partition coefficient (Wildman–Crippen LogP) is 1.62. The monoisotopic (exact) mass is 205 g/mol. The molecule has 1 unspecified atom stereocenters. The first kappa shape index (κ1) is 11.4. The second-order valence-electron chi connectivity index (χ2n) is 3.51.